The maximum absolute atomic E-state index is 11.0. The third-order valence-electron chi connectivity index (χ3n) is 2.13. The number of carbonyl (C=O) groups is 1. The Kier molecular flexibility index (Phi) is 4.36. The summed E-state index contributed by atoms with van der Waals surface area (Å²) in [5.41, 5.74) is 0.857. The summed E-state index contributed by atoms with van der Waals surface area (Å²) in [7, 11) is 1.81. The summed E-state index contributed by atoms with van der Waals surface area (Å²) >= 11 is 5.85. The van der Waals surface area contributed by atoms with Gasteiger partial charge in [0.1, 0.15) is 6.29 Å². The van der Waals surface area contributed by atoms with Crippen LogP contribution in [0.1, 0.15) is 11.6 Å². The second-order valence-electron chi connectivity index (χ2n) is 3.26. The van der Waals surface area contributed by atoms with E-state index < -0.39 is 0 Å². The molecular weight excluding hydrogens is 210 g/mol. The van der Waals surface area contributed by atoms with Crippen molar-refractivity contribution in [2.24, 2.45) is 0 Å². The van der Waals surface area contributed by atoms with Crippen LogP contribution in [0.4, 0.5) is 0 Å². The molecule has 1 aromatic rings. The van der Waals surface area contributed by atoms with Gasteiger partial charge >= 0.3 is 0 Å². The van der Waals surface area contributed by atoms with E-state index in [0.717, 1.165) is 11.8 Å². The minimum absolute atomic E-state index is 0.334. The lowest BCUT2D eigenvalue weighted by atomic mass is 10.1. The van der Waals surface area contributed by atoms with Crippen molar-refractivity contribution >= 4 is 17.9 Å². The zero-order valence-electron chi connectivity index (χ0n) is 8.48. The minimum Gasteiger partial charge on any atom is -0.301 e. The van der Waals surface area contributed by atoms with Crippen molar-refractivity contribution in [2.45, 2.75) is 6.04 Å². The van der Waals surface area contributed by atoms with E-state index in [1.165, 1.54) is 0 Å². The number of nitrogens with zero attached hydrogens (tertiary/aromatic N) is 1. The van der Waals surface area contributed by atoms with Crippen LogP contribution >= 0.6 is 11.6 Å². The molecule has 0 amide bonds. The number of rotatable bonds is 4. The highest BCUT2D eigenvalue weighted by Gasteiger charge is 2.15. The molecule has 0 aliphatic heterocycles. The normalized spacial score (nSPS) is 12.1. The topological polar surface area (TPSA) is 20.3 Å². The van der Waals surface area contributed by atoms with E-state index in [-0.39, 0.29) is 6.04 Å². The van der Waals surface area contributed by atoms with Crippen LogP contribution in [-0.2, 0) is 4.79 Å². The zero-order chi connectivity index (χ0) is 11.3. The van der Waals surface area contributed by atoms with Crippen molar-refractivity contribution in [1.82, 2.24) is 4.90 Å². The molecule has 2 nitrogen and oxygen atoms in total. The van der Waals surface area contributed by atoms with Crippen molar-refractivity contribution in [2.75, 3.05) is 13.6 Å². The van der Waals surface area contributed by atoms with Crippen molar-refractivity contribution in [1.29, 1.82) is 0 Å². The van der Waals surface area contributed by atoms with Gasteiger partial charge in [-0.15, -0.1) is 6.42 Å². The monoisotopic (exact) mass is 221 g/mol. The summed E-state index contributed by atoms with van der Waals surface area (Å²) in [4.78, 5) is 12.8. The standard InChI is InChI=1S/C12H12ClNO/c1-3-7-14(2)12(9-15)10-5-4-6-11(13)8-10/h1,4-6,8-9,12H,7H2,2H3. The molecule has 0 saturated heterocycles. The Morgan fingerprint density at radius 3 is 2.93 bits per heavy atom. The Hall–Kier alpha value is -1.30. The molecule has 0 aliphatic carbocycles. The molecule has 0 N–H and O–H groups in total. The van der Waals surface area contributed by atoms with Gasteiger partial charge in [-0.25, -0.2) is 0 Å². The summed E-state index contributed by atoms with van der Waals surface area (Å²) < 4.78 is 0. The Labute approximate surface area is 94.8 Å². The van der Waals surface area contributed by atoms with Gasteiger partial charge < -0.3 is 4.79 Å². The Morgan fingerprint density at radius 2 is 2.40 bits per heavy atom. The van der Waals surface area contributed by atoms with Crippen molar-refractivity contribution in [3.8, 4) is 12.3 Å². The van der Waals surface area contributed by atoms with Gasteiger partial charge in [0.2, 0.25) is 0 Å². The van der Waals surface area contributed by atoms with Gasteiger partial charge in [-0.05, 0) is 24.7 Å². The maximum Gasteiger partial charge on any atom is 0.141 e. The first-order valence-corrected chi connectivity index (χ1v) is 4.91. The van der Waals surface area contributed by atoms with Crippen LogP contribution < -0.4 is 0 Å². The van der Waals surface area contributed by atoms with E-state index in [0.29, 0.717) is 11.6 Å². The molecule has 0 aliphatic rings. The van der Waals surface area contributed by atoms with Gasteiger partial charge in [-0.3, -0.25) is 4.90 Å². The second kappa shape index (κ2) is 5.55. The molecule has 0 fully saturated rings. The largest absolute Gasteiger partial charge is 0.301 e. The molecule has 0 aromatic heterocycles. The van der Waals surface area contributed by atoms with E-state index in [9.17, 15) is 4.79 Å². The molecule has 0 heterocycles. The fourth-order valence-corrected chi connectivity index (χ4v) is 1.57. The molecule has 1 aromatic carbocycles. The predicted molar refractivity (Wildman–Crippen MR) is 61.7 cm³/mol. The first-order valence-electron chi connectivity index (χ1n) is 4.53. The van der Waals surface area contributed by atoms with Crippen molar-refractivity contribution < 1.29 is 4.79 Å². The number of hydrogen-bond donors (Lipinski definition) is 0. The number of halogens is 1. The molecule has 3 heteroatoms. The molecule has 1 atom stereocenters. The van der Waals surface area contributed by atoms with Gasteiger partial charge in [-0.1, -0.05) is 29.7 Å². The second-order valence-corrected chi connectivity index (χ2v) is 3.69. The lowest BCUT2D eigenvalue weighted by Crippen LogP contribution is -2.25. The Balaban J connectivity index is 2.92. The van der Waals surface area contributed by atoms with Crippen LogP contribution in [0.5, 0.6) is 0 Å². The number of hydrogen-bond acceptors (Lipinski definition) is 2. The van der Waals surface area contributed by atoms with E-state index in [1.807, 2.05) is 12.1 Å². The van der Waals surface area contributed by atoms with E-state index >= 15 is 0 Å². The van der Waals surface area contributed by atoms with Crippen LogP contribution in [0, 0.1) is 12.3 Å². The SMILES string of the molecule is C#CCN(C)C(C=O)c1cccc(Cl)c1. The third-order valence-corrected chi connectivity index (χ3v) is 2.37. The van der Waals surface area contributed by atoms with E-state index in [4.69, 9.17) is 18.0 Å². The summed E-state index contributed by atoms with van der Waals surface area (Å²) in [6.07, 6.45) is 6.06. The molecule has 1 rings (SSSR count). The number of aldehydes is 1. The molecule has 15 heavy (non-hydrogen) atoms. The predicted octanol–water partition coefficient (Wildman–Crippen LogP) is 2.15. The van der Waals surface area contributed by atoms with Gasteiger partial charge in [0.15, 0.2) is 0 Å². The fraction of sp³-hybridized carbons (Fsp3) is 0.250. The van der Waals surface area contributed by atoms with Crippen LogP contribution in [0.3, 0.4) is 0 Å². The van der Waals surface area contributed by atoms with Crippen molar-refractivity contribution in [3.05, 3.63) is 34.9 Å². The highest BCUT2D eigenvalue weighted by Crippen LogP contribution is 2.20. The Morgan fingerprint density at radius 1 is 1.67 bits per heavy atom. The summed E-state index contributed by atoms with van der Waals surface area (Å²) in [5.74, 6) is 2.50. The smallest absolute Gasteiger partial charge is 0.141 e. The number of likely N-dealkylation sites (N-methyl/N-ethyl adjacent to an activating group) is 1. The maximum atomic E-state index is 11.0. The highest BCUT2D eigenvalue weighted by molar-refractivity contribution is 6.30. The van der Waals surface area contributed by atoms with Crippen LogP contribution in [0.25, 0.3) is 0 Å². The Bertz CT molecular complexity index is 383. The van der Waals surface area contributed by atoms with Gasteiger partial charge in [0, 0.05) is 5.02 Å². The molecule has 0 spiro atoms. The number of carbonyl (C=O) groups excluding carboxylic acids is 1. The lowest BCUT2D eigenvalue weighted by molar-refractivity contribution is -0.112. The molecule has 0 saturated carbocycles. The number of benzene rings is 1. The van der Waals surface area contributed by atoms with Gasteiger partial charge in [-0.2, -0.15) is 0 Å². The van der Waals surface area contributed by atoms with Gasteiger partial charge in [0.05, 0.1) is 12.6 Å². The van der Waals surface area contributed by atoms with Crippen LogP contribution in [0.2, 0.25) is 5.02 Å². The van der Waals surface area contributed by atoms with Gasteiger partial charge in [0.25, 0.3) is 0 Å². The first-order chi connectivity index (χ1) is 7.19. The first kappa shape index (κ1) is 11.8. The molecule has 1 unspecified atom stereocenters. The van der Waals surface area contributed by atoms with Crippen molar-refractivity contribution in [3.63, 3.8) is 0 Å². The van der Waals surface area contributed by atoms with E-state index in [2.05, 4.69) is 5.92 Å². The molecule has 0 bridgehead atoms. The summed E-state index contributed by atoms with van der Waals surface area (Å²) in [6, 6.07) is 6.89. The summed E-state index contributed by atoms with van der Waals surface area (Å²) in [6.45, 7) is 0.427. The third kappa shape index (κ3) is 3.09. The minimum atomic E-state index is -0.334. The van der Waals surface area contributed by atoms with E-state index in [1.54, 1.807) is 24.1 Å². The molecule has 0 radical (unpaired) electrons. The fourth-order valence-electron chi connectivity index (χ4n) is 1.37. The molecule has 78 valence electrons. The average molecular weight is 222 g/mol. The highest BCUT2D eigenvalue weighted by atomic mass is 35.5. The lowest BCUT2D eigenvalue weighted by Gasteiger charge is -2.21. The quantitative estimate of drug-likeness (QED) is 0.574. The van der Waals surface area contributed by atoms with Crippen LogP contribution in [-0.4, -0.2) is 24.8 Å². The molecular formula is C12H12ClNO. The summed E-state index contributed by atoms with van der Waals surface area (Å²) in [5, 5.41) is 0.619. The van der Waals surface area contributed by atoms with Crippen LogP contribution in [0.15, 0.2) is 24.3 Å². The zero-order valence-corrected chi connectivity index (χ0v) is 9.24. The average Bonchev–Trinajstić information content (AvgIpc) is 2.19. The number of terminal acetylenes is 1.